The molecule has 1 fully saturated rings. The van der Waals surface area contributed by atoms with Crippen molar-refractivity contribution < 1.29 is 9.59 Å². The van der Waals surface area contributed by atoms with Crippen LogP contribution in [0.4, 0.5) is 0 Å². The van der Waals surface area contributed by atoms with E-state index in [0.717, 1.165) is 40.6 Å². The van der Waals surface area contributed by atoms with Gasteiger partial charge in [-0.1, -0.05) is 11.6 Å². The third kappa shape index (κ3) is 4.20. The molecule has 156 valence electrons. The molecule has 3 aromatic rings. The summed E-state index contributed by atoms with van der Waals surface area (Å²) in [5.74, 6) is 0.331. The molecule has 2 amide bonds. The highest BCUT2D eigenvalue weighted by Gasteiger charge is 2.25. The summed E-state index contributed by atoms with van der Waals surface area (Å²) in [7, 11) is 1.79. The van der Waals surface area contributed by atoms with E-state index < -0.39 is 0 Å². The summed E-state index contributed by atoms with van der Waals surface area (Å²) in [5, 5.41) is 7.94. The normalized spacial score (nSPS) is 14.8. The molecule has 0 radical (unpaired) electrons. The largest absolute Gasteiger partial charge is 0.352 e. The van der Waals surface area contributed by atoms with Gasteiger partial charge in [-0.3, -0.25) is 19.3 Å². The van der Waals surface area contributed by atoms with Crippen molar-refractivity contribution in [3.63, 3.8) is 0 Å². The van der Waals surface area contributed by atoms with Gasteiger partial charge in [0.25, 0.3) is 11.8 Å². The molecule has 1 aliphatic heterocycles. The Balaban J connectivity index is 1.38. The van der Waals surface area contributed by atoms with E-state index in [1.165, 1.54) is 0 Å². The van der Waals surface area contributed by atoms with E-state index in [2.05, 4.69) is 15.4 Å². The van der Waals surface area contributed by atoms with Gasteiger partial charge in [0.15, 0.2) is 0 Å². The number of pyridine rings is 1. The molecule has 30 heavy (non-hydrogen) atoms. The van der Waals surface area contributed by atoms with Gasteiger partial charge in [0.05, 0.1) is 22.8 Å². The Morgan fingerprint density at radius 1 is 1.17 bits per heavy atom. The number of nitrogens with one attached hydrogen (secondary N) is 1. The summed E-state index contributed by atoms with van der Waals surface area (Å²) in [6.07, 6.45) is 5.03. The fourth-order valence-electron chi connectivity index (χ4n) is 4.04. The van der Waals surface area contributed by atoms with Crippen LogP contribution in [0.5, 0.6) is 0 Å². The van der Waals surface area contributed by atoms with Crippen LogP contribution in [0.15, 0.2) is 36.7 Å². The first-order chi connectivity index (χ1) is 14.4. The summed E-state index contributed by atoms with van der Waals surface area (Å²) in [6, 6.07) is 7.93. The van der Waals surface area contributed by atoms with Gasteiger partial charge in [-0.25, -0.2) is 0 Å². The number of benzene rings is 1. The number of piperidine rings is 1. The van der Waals surface area contributed by atoms with E-state index >= 15 is 0 Å². The number of fused-ring (bicyclic) bond motifs is 1. The molecule has 0 aliphatic carbocycles. The second kappa shape index (κ2) is 8.26. The Morgan fingerprint density at radius 3 is 2.63 bits per heavy atom. The van der Waals surface area contributed by atoms with Crippen molar-refractivity contribution in [2.24, 2.45) is 13.0 Å². The van der Waals surface area contributed by atoms with Gasteiger partial charge >= 0.3 is 0 Å². The number of aryl methyl sites for hydroxylation is 3. The molecular weight excluding hydrogens is 378 g/mol. The van der Waals surface area contributed by atoms with Gasteiger partial charge in [-0.2, -0.15) is 5.10 Å². The Bertz CT molecular complexity index is 1100. The van der Waals surface area contributed by atoms with Crippen LogP contribution >= 0.6 is 0 Å². The van der Waals surface area contributed by atoms with Crippen molar-refractivity contribution in [2.75, 3.05) is 19.6 Å². The molecule has 1 aliphatic rings. The van der Waals surface area contributed by atoms with Crippen LogP contribution in [0.2, 0.25) is 0 Å². The molecule has 0 unspecified atom stereocenters. The van der Waals surface area contributed by atoms with Crippen LogP contribution in [0, 0.1) is 19.8 Å². The maximum atomic E-state index is 13.3. The monoisotopic (exact) mass is 405 g/mol. The van der Waals surface area contributed by atoms with Crippen molar-refractivity contribution in [1.82, 2.24) is 25.0 Å². The molecule has 2 aromatic heterocycles. The molecule has 0 atom stereocenters. The molecule has 3 heterocycles. The number of hydrogen-bond acceptors (Lipinski definition) is 4. The molecule has 1 N–H and O–H groups in total. The predicted molar refractivity (Wildman–Crippen MR) is 115 cm³/mol. The van der Waals surface area contributed by atoms with Crippen molar-refractivity contribution in [3.05, 3.63) is 59.0 Å². The van der Waals surface area contributed by atoms with E-state index in [9.17, 15) is 9.59 Å². The van der Waals surface area contributed by atoms with Crippen LogP contribution in [-0.2, 0) is 7.05 Å². The van der Waals surface area contributed by atoms with E-state index in [1.54, 1.807) is 24.1 Å². The topological polar surface area (TPSA) is 80.1 Å². The van der Waals surface area contributed by atoms with E-state index in [4.69, 9.17) is 0 Å². The van der Waals surface area contributed by atoms with E-state index in [0.29, 0.717) is 31.1 Å². The summed E-state index contributed by atoms with van der Waals surface area (Å²) in [6.45, 7) is 5.96. The van der Waals surface area contributed by atoms with Crippen LogP contribution in [0.3, 0.4) is 0 Å². The number of nitrogens with zero attached hydrogens (tertiary/aromatic N) is 4. The van der Waals surface area contributed by atoms with Crippen molar-refractivity contribution in [3.8, 4) is 0 Å². The minimum absolute atomic E-state index is 0.0638. The first-order valence-corrected chi connectivity index (χ1v) is 10.3. The highest BCUT2D eigenvalue weighted by Crippen LogP contribution is 2.24. The van der Waals surface area contributed by atoms with Gasteiger partial charge in [0.1, 0.15) is 0 Å². The van der Waals surface area contributed by atoms with Crippen LogP contribution < -0.4 is 5.32 Å². The summed E-state index contributed by atoms with van der Waals surface area (Å²) in [4.78, 5) is 32.0. The van der Waals surface area contributed by atoms with Gasteiger partial charge in [0.2, 0.25) is 0 Å². The molecule has 0 spiro atoms. The van der Waals surface area contributed by atoms with E-state index in [1.807, 2.05) is 43.0 Å². The highest BCUT2D eigenvalue weighted by atomic mass is 16.2. The van der Waals surface area contributed by atoms with Crippen LogP contribution in [0.25, 0.3) is 10.9 Å². The molecule has 0 bridgehead atoms. The fraction of sp³-hybridized carbons (Fsp3) is 0.391. The van der Waals surface area contributed by atoms with Gasteiger partial charge < -0.3 is 10.2 Å². The lowest BCUT2D eigenvalue weighted by atomic mass is 9.95. The number of carbonyl (C=O) groups is 2. The van der Waals surface area contributed by atoms with Gasteiger partial charge in [-0.05, 0) is 50.8 Å². The van der Waals surface area contributed by atoms with Crippen molar-refractivity contribution in [2.45, 2.75) is 26.7 Å². The molecular formula is C23H27N5O2. The van der Waals surface area contributed by atoms with Crippen LogP contribution in [-0.4, -0.2) is 51.1 Å². The molecule has 4 rings (SSSR count). The summed E-state index contributed by atoms with van der Waals surface area (Å²) < 4.78 is 1.62. The van der Waals surface area contributed by atoms with Gasteiger partial charge in [-0.15, -0.1) is 0 Å². The molecule has 0 saturated carbocycles. The molecule has 7 heteroatoms. The minimum atomic E-state index is -0.101. The number of amides is 2. The second-order valence-electron chi connectivity index (χ2n) is 8.18. The number of likely N-dealkylation sites (tertiary alicyclic amines) is 1. The summed E-state index contributed by atoms with van der Waals surface area (Å²) >= 11 is 0. The first kappa shape index (κ1) is 20.1. The Morgan fingerprint density at radius 2 is 1.93 bits per heavy atom. The average Bonchev–Trinajstić information content (AvgIpc) is 3.18. The highest BCUT2D eigenvalue weighted by molar-refractivity contribution is 6.06. The zero-order chi connectivity index (χ0) is 21.3. The van der Waals surface area contributed by atoms with Gasteiger partial charge in [0, 0.05) is 44.0 Å². The Kier molecular flexibility index (Phi) is 5.53. The lowest BCUT2D eigenvalue weighted by Gasteiger charge is -2.32. The Labute approximate surface area is 176 Å². The number of carbonyl (C=O) groups excluding carboxylic acids is 2. The second-order valence-corrected chi connectivity index (χ2v) is 8.18. The number of rotatable bonds is 4. The third-order valence-corrected chi connectivity index (χ3v) is 5.74. The first-order valence-electron chi connectivity index (χ1n) is 10.3. The van der Waals surface area contributed by atoms with E-state index in [-0.39, 0.29) is 11.8 Å². The zero-order valence-electron chi connectivity index (χ0n) is 17.7. The predicted octanol–water partition coefficient (Wildman–Crippen LogP) is 2.87. The lowest BCUT2D eigenvalue weighted by Crippen LogP contribution is -2.41. The zero-order valence-corrected chi connectivity index (χ0v) is 17.7. The number of hydrogen-bond donors (Lipinski definition) is 1. The van der Waals surface area contributed by atoms with Crippen molar-refractivity contribution in [1.29, 1.82) is 0 Å². The summed E-state index contributed by atoms with van der Waals surface area (Å²) in [5.41, 5.74) is 4.12. The lowest BCUT2D eigenvalue weighted by molar-refractivity contribution is 0.0686. The molecule has 1 saturated heterocycles. The SMILES string of the molecule is Cc1ccc2nc(C)cc(C(=O)N3CCC(CNC(=O)c4cnn(C)c4)CC3)c2c1. The Hall–Kier alpha value is -3.22. The third-order valence-electron chi connectivity index (χ3n) is 5.74. The number of aromatic nitrogens is 3. The minimum Gasteiger partial charge on any atom is -0.352 e. The molecule has 7 nitrogen and oxygen atoms in total. The quantitative estimate of drug-likeness (QED) is 0.724. The maximum absolute atomic E-state index is 13.3. The fourth-order valence-corrected chi connectivity index (χ4v) is 4.04. The average molecular weight is 406 g/mol. The standard InChI is InChI=1S/C23H27N5O2/c1-15-4-5-21-19(10-15)20(11-16(2)26-21)23(30)28-8-6-17(7-9-28)12-24-22(29)18-13-25-27(3)14-18/h4-5,10-11,13-14,17H,6-9,12H2,1-3H3,(H,24,29). The molecule has 1 aromatic carbocycles. The van der Waals surface area contributed by atoms with Crippen molar-refractivity contribution >= 4 is 22.7 Å². The maximum Gasteiger partial charge on any atom is 0.254 e. The van der Waals surface area contributed by atoms with Crippen LogP contribution in [0.1, 0.15) is 44.8 Å². The smallest absolute Gasteiger partial charge is 0.254 e.